The summed E-state index contributed by atoms with van der Waals surface area (Å²) in [7, 11) is 0. The van der Waals surface area contributed by atoms with Crippen LogP contribution in [-0.4, -0.2) is 14.5 Å². The normalized spacial score (nSPS) is 11.6. The molecule has 0 radical (unpaired) electrons. The Bertz CT molecular complexity index is 1200. The summed E-state index contributed by atoms with van der Waals surface area (Å²) < 4.78 is 27.1. The third kappa shape index (κ3) is 3.26. The number of pyridine rings is 1. The fourth-order valence-electron chi connectivity index (χ4n) is 3.51. The summed E-state index contributed by atoms with van der Waals surface area (Å²) in [5, 5.41) is 2.47. The number of fused-ring (bicyclic) bond motifs is 3. The highest BCUT2D eigenvalue weighted by molar-refractivity contribution is 6.06. The third-order valence-corrected chi connectivity index (χ3v) is 4.85. The molecule has 6 heteroatoms. The van der Waals surface area contributed by atoms with E-state index in [-0.39, 0.29) is 11.3 Å². The van der Waals surface area contributed by atoms with Gasteiger partial charge in [-0.1, -0.05) is 37.3 Å². The number of aryl methyl sites for hydroxylation is 1. The summed E-state index contributed by atoms with van der Waals surface area (Å²) in [5.74, 6) is 0. The molecule has 4 nitrogen and oxygen atoms in total. The van der Waals surface area contributed by atoms with Crippen LogP contribution in [0, 0.1) is 0 Å². The van der Waals surface area contributed by atoms with Crippen molar-refractivity contribution in [3.05, 3.63) is 82.2 Å². The lowest BCUT2D eigenvalue weighted by Crippen LogP contribution is -2.20. The van der Waals surface area contributed by atoms with Crippen LogP contribution in [0.15, 0.2) is 59.8 Å². The number of benzene rings is 2. The molecule has 0 unspecified atom stereocenters. The molecule has 0 spiro atoms. The molecule has 0 N–H and O–H groups in total. The molecule has 142 valence electrons. The summed E-state index contributed by atoms with van der Waals surface area (Å²) in [5.41, 5.74) is 2.14. The SMILES string of the molecule is CCCn1cnc2c(cc(Cc3ccc(C(F)F)nc3)c3ccccc32)c1=O. The van der Waals surface area contributed by atoms with E-state index in [1.54, 1.807) is 17.0 Å². The van der Waals surface area contributed by atoms with E-state index in [1.807, 2.05) is 37.3 Å². The number of aromatic nitrogens is 3. The van der Waals surface area contributed by atoms with Crippen molar-refractivity contribution in [2.45, 2.75) is 32.7 Å². The molecule has 4 rings (SSSR count). The predicted molar refractivity (Wildman–Crippen MR) is 106 cm³/mol. The lowest BCUT2D eigenvalue weighted by atomic mass is 9.96. The van der Waals surface area contributed by atoms with Gasteiger partial charge < -0.3 is 0 Å². The van der Waals surface area contributed by atoms with Gasteiger partial charge in [-0.2, -0.15) is 0 Å². The Labute approximate surface area is 160 Å². The van der Waals surface area contributed by atoms with Crippen molar-refractivity contribution >= 4 is 21.7 Å². The summed E-state index contributed by atoms with van der Waals surface area (Å²) in [6, 6.07) is 12.7. The van der Waals surface area contributed by atoms with Crippen LogP contribution in [0.4, 0.5) is 8.78 Å². The average molecular weight is 379 g/mol. The van der Waals surface area contributed by atoms with Crippen LogP contribution in [0.5, 0.6) is 0 Å². The minimum Gasteiger partial charge on any atom is -0.299 e. The van der Waals surface area contributed by atoms with E-state index >= 15 is 0 Å². The number of halogens is 2. The molecule has 0 atom stereocenters. The molecule has 28 heavy (non-hydrogen) atoms. The van der Waals surface area contributed by atoms with Gasteiger partial charge in [0.15, 0.2) is 0 Å². The molecule has 0 fully saturated rings. The number of alkyl halides is 2. The van der Waals surface area contributed by atoms with Crippen LogP contribution in [0.2, 0.25) is 0 Å². The van der Waals surface area contributed by atoms with Gasteiger partial charge in [0.05, 0.1) is 17.2 Å². The molecular weight excluding hydrogens is 360 g/mol. The topological polar surface area (TPSA) is 47.8 Å². The Morgan fingerprint density at radius 1 is 1.04 bits per heavy atom. The summed E-state index contributed by atoms with van der Waals surface area (Å²) in [6.45, 7) is 2.63. The van der Waals surface area contributed by atoms with Crippen LogP contribution in [0.1, 0.15) is 36.6 Å². The number of rotatable bonds is 5. The van der Waals surface area contributed by atoms with Crippen LogP contribution in [-0.2, 0) is 13.0 Å². The van der Waals surface area contributed by atoms with E-state index in [2.05, 4.69) is 9.97 Å². The molecule has 0 saturated carbocycles. The second kappa shape index (κ2) is 7.46. The first-order valence-electron chi connectivity index (χ1n) is 9.21. The molecule has 2 aromatic heterocycles. The van der Waals surface area contributed by atoms with Gasteiger partial charge in [0.1, 0.15) is 5.69 Å². The van der Waals surface area contributed by atoms with Gasteiger partial charge in [-0.25, -0.2) is 13.8 Å². The lowest BCUT2D eigenvalue weighted by molar-refractivity contribution is 0.146. The quantitative estimate of drug-likeness (QED) is 0.464. The Balaban J connectivity index is 1.88. The minimum atomic E-state index is -2.58. The highest BCUT2D eigenvalue weighted by Crippen LogP contribution is 2.27. The van der Waals surface area contributed by atoms with Crippen molar-refractivity contribution in [1.29, 1.82) is 0 Å². The molecule has 2 aromatic carbocycles. The molecule has 0 bridgehead atoms. The van der Waals surface area contributed by atoms with Crippen LogP contribution >= 0.6 is 0 Å². The number of nitrogens with zero attached hydrogens (tertiary/aromatic N) is 3. The second-order valence-corrected chi connectivity index (χ2v) is 6.79. The smallest absolute Gasteiger partial charge is 0.280 e. The van der Waals surface area contributed by atoms with Crippen molar-refractivity contribution in [2.24, 2.45) is 0 Å². The number of hydrogen-bond acceptors (Lipinski definition) is 3. The van der Waals surface area contributed by atoms with E-state index < -0.39 is 6.43 Å². The zero-order valence-corrected chi connectivity index (χ0v) is 15.4. The predicted octanol–water partition coefficient (Wildman–Crippen LogP) is 4.88. The van der Waals surface area contributed by atoms with Crippen molar-refractivity contribution in [3.63, 3.8) is 0 Å². The molecule has 0 aliphatic rings. The highest BCUT2D eigenvalue weighted by atomic mass is 19.3. The fraction of sp³-hybridized carbons (Fsp3) is 0.227. The second-order valence-electron chi connectivity index (χ2n) is 6.79. The van der Waals surface area contributed by atoms with Gasteiger partial charge >= 0.3 is 0 Å². The van der Waals surface area contributed by atoms with Crippen molar-refractivity contribution in [3.8, 4) is 0 Å². The molecule has 0 aliphatic heterocycles. The molecule has 0 aliphatic carbocycles. The standard InChI is InChI=1S/C22H19F2N3O/c1-2-9-27-13-26-20-17-6-4-3-5-16(17)15(11-18(20)22(27)28)10-14-7-8-19(21(23)24)25-12-14/h3-8,11-13,21H,2,9-10H2,1H3. The van der Waals surface area contributed by atoms with Gasteiger partial charge in [0.25, 0.3) is 12.0 Å². The molecule has 0 amide bonds. The Kier molecular flexibility index (Phi) is 4.86. The average Bonchev–Trinajstić information content (AvgIpc) is 2.71. The molecule has 0 saturated heterocycles. The largest absolute Gasteiger partial charge is 0.299 e. The lowest BCUT2D eigenvalue weighted by Gasteiger charge is -2.12. The number of hydrogen-bond donors (Lipinski definition) is 0. The third-order valence-electron chi connectivity index (χ3n) is 4.85. The maximum Gasteiger partial charge on any atom is 0.280 e. The van der Waals surface area contributed by atoms with E-state index in [0.717, 1.165) is 28.3 Å². The van der Waals surface area contributed by atoms with Gasteiger partial charge in [0.2, 0.25) is 0 Å². The van der Waals surface area contributed by atoms with Gasteiger partial charge in [-0.05, 0) is 41.5 Å². The highest BCUT2D eigenvalue weighted by Gasteiger charge is 2.13. The summed E-state index contributed by atoms with van der Waals surface area (Å²) in [4.78, 5) is 21.3. The molecule has 2 heterocycles. The molecule has 4 aromatic rings. The Hall–Kier alpha value is -3.15. The van der Waals surface area contributed by atoms with Gasteiger partial charge in [-0.3, -0.25) is 14.3 Å². The summed E-state index contributed by atoms with van der Waals surface area (Å²) >= 11 is 0. The maximum atomic E-state index is 12.9. The Morgan fingerprint density at radius 2 is 1.82 bits per heavy atom. The minimum absolute atomic E-state index is 0.0648. The zero-order valence-electron chi connectivity index (χ0n) is 15.4. The fourth-order valence-corrected chi connectivity index (χ4v) is 3.51. The molecular formula is C22H19F2N3O. The van der Waals surface area contributed by atoms with Crippen molar-refractivity contribution < 1.29 is 8.78 Å². The van der Waals surface area contributed by atoms with Crippen LogP contribution in [0.25, 0.3) is 21.7 Å². The van der Waals surface area contributed by atoms with Gasteiger partial charge in [0, 0.05) is 18.1 Å². The van der Waals surface area contributed by atoms with Crippen LogP contribution < -0.4 is 5.56 Å². The first-order chi connectivity index (χ1) is 13.6. The van der Waals surface area contributed by atoms with Gasteiger partial charge in [-0.15, -0.1) is 0 Å². The van der Waals surface area contributed by atoms with Crippen molar-refractivity contribution in [2.75, 3.05) is 0 Å². The van der Waals surface area contributed by atoms with E-state index in [9.17, 15) is 13.6 Å². The van der Waals surface area contributed by atoms with E-state index in [0.29, 0.717) is 23.9 Å². The Morgan fingerprint density at radius 3 is 2.50 bits per heavy atom. The summed E-state index contributed by atoms with van der Waals surface area (Å²) in [6.07, 6.45) is 1.83. The van der Waals surface area contributed by atoms with E-state index in [1.165, 1.54) is 12.3 Å². The first-order valence-corrected chi connectivity index (χ1v) is 9.21. The zero-order chi connectivity index (χ0) is 19.7. The van der Waals surface area contributed by atoms with E-state index in [4.69, 9.17) is 0 Å². The maximum absolute atomic E-state index is 12.9. The van der Waals surface area contributed by atoms with Crippen molar-refractivity contribution in [1.82, 2.24) is 14.5 Å². The monoisotopic (exact) mass is 379 g/mol. The van der Waals surface area contributed by atoms with Crippen LogP contribution in [0.3, 0.4) is 0 Å². The first kappa shape index (κ1) is 18.2.